The molecule has 2 rings (SSSR count). The highest BCUT2D eigenvalue weighted by molar-refractivity contribution is 6.31. The minimum absolute atomic E-state index is 0.154. The van der Waals surface area contributed by atoms with Crippen molar-refractivity contribution in [2.45, 2.75) is 19.9 Å². The number of nitrogens with one attached hydrogen (secondary N) is 1. The molecule has 0 radical (unpaired) electrons. The van der Waals surface area contributed by atoms with E-state index in [1.165, 1.54) is 0 Å². The summed E-state index contributed by atoms with van der Waals surface area (Å²) in [6.07, 6.45) is 1.75. The Labute approximate surface area is 117 Å². The monoisotopic (exact) mass is 277 g/mol. The van der Waals surface area contributed by atoms with Gasteiger partial charge in [-0.15, -0.1) is 0 Å². The lowest BCUT2D eigenvalue weighted by atomic mass is 10.2. The normalized spacial score (nSPS) is 10.7. The van der Waals surface area contributed by atoms with Crippen molar-refractivity contribution in [2.75, 3.05) is 11.1 Å². The van der Waals surface area contributed by atoms with Crippen LogP contribution in [0.2, 0.25) is 5.02 Å². The number of aromatic nitrogens is 1. The molecule has 3 N–H and O–H groups in total. The summed E-state index contributed by atoms with van der Waals surface area (Å²) in [5.74, 6) is -0.224. The molecule has 1 aromatic heterocycles. The van der Waals surface area contributed by atoms with Crippen LogP contribution in [0, 0.1) is 0 Å². The first-order valence-corrected chi connectivity index (χ1v) is 6.40. The number of benzene rings is 1. The van der Waals surface area contributed by atoms with Crippen LogP contribution < -0.4 is 11.1 Å². The number of nitrogens with two attached hydrogens (primary N) is 1. The van der Waals surface area contributed by atoms with E-state index >= 15 is 0 Å². The fourth-order valence-electron chi connectivity index (χ4n) is 1.85. The number of amides is 1. The Balaban J connectivity index is 2.28. The molecule has 0 saturated heterocycles. The quantitative estimate of drug-likeness (QED) is 0.843. The van der Waals surface area contributed by atoms with Gasteiger partial charge in [0, 0.05) is 12.2 Å². The summed E-state index contributed by atoms with van der Waals surface area (Å²) in [7, 11) is 0. The average molecular weight is 278 g/mol. The summed E-state index contributed by atoms with van der Waals surface area (Å²) in [5.41, 5.74) is 7.45. The number of carbonyl (C=O) groups is 1. The van der Waals surface area contributed by atoms with Crippen molar-refractivity contribution in [3.8, 4) is 0 Å². The number of anilines is 2. The van der Waals surface area contributed by atoms with Gasteiger partial charge in [0.1, 0.15) is 5.69 Å². The van der Waals surface area contributed by atoms with Crippen LogP contribution in [0.1, 0.15) is 30.4 Å². The molecule has 5 heteroatoms. The van der Waals surface area contributed by atoms with E-state index in [4.69, 9.17) is 17.3 Å². The molecular weight excluding hydrogens is 262 g/mol. The fourth-order valence-corrected chi connectivity index (χ4v) is 2.06. The van der Waals surface area contributed by atoms with Crippen LogP contribution in [0.4, 0.5) is 11.4 Å². The van der Waals surface area contributed by atoms with E-state index in [-0.39, 0.29) is 11.9 Å². The molecule has 0 aliphatic rings. The number of halogens is 1. The van der Waals surface area contributed by atoms with Crippen LogP contribution in [-0.4, -0.2) is 10.5 Å². The van der Waals surface area contributed by atoms with Gasteiger partial charge in [-0.25, -0.2) is 0 Å². The molecule has 2 aromatic rings. The average Bonchev–Trinajstić information content (AvgIpc) is 2.74. The lowest BCUT2D eigenvalue weighted by Crippen LogP contribution is -2.18. The van der Waals surface area contributed by atoms with Gasteiger partial charge in [-0.1, -0.05) is 23.7 Å². The van der Waals surface area contributed by atoms with Crippen molar-refractivity contribution in [1.29, 1.82) is 0 Å². The molecule has 19 heavy (non-hydrogen) atoms. The minimum Gasteiger partial charge on any atom is -0.397 e. The van der Waals surface area contributed by atoms with Gasteiger partial charge in [-0.05, 0) is 32.0 Å². The lowest BCUT2D eigenvalue weighted by molar-refractivity contribution is 0.101. The predicted molar refractivity (Wildman–Crippen MR) is 78.6 cm³/mol. The van der Waals surface area contributed by atoms with Crippen molar-refractivity contribution in [3.63, 3.8) is 0 Å². The summed E-state index contributed by atoms with van der Waals surface area (Å²) in [6.45, 7) is 3.98. The van der Waals surface area contributed by atoms with E-state index in [1.54, 1.807) is 24.4 Å². The highest BCUT2D eigenvalue weighted by atomic mass is 35.5. The first kappa shape index (κ1) is 13.5. The number of rotatable bonds is 3. The third-order valence-corrected chi connectivity index (χ3v) is 3.02. The van der Waals surface area contributed by atoms with Gasteiger partial charge >= 0.3 is 0 Å². The maximum Gasteiger partial charge on any atom is 0.272 e. The standard InChI is InChI=1S/C14H16ClN3O/c1-9(2)18-8-10(15)7-13(18)14(19)17-12-6-4-3-5-11(12)16/h3-9H,16H2,1-2H3,(H,17,19). The number of hydrogen-bond donors (Lipinski definition) is 2. The van der Waals surface area contributed by atoms with E-state index in [2.05, 4.69) is 5.32 Å². The molecule has 1 aromatic carbocycles. The molecule has 0 saturated carbocycles. The van der Waals surface area contributed by atoms with Gasteiger partial charge in [-0.3, -0.25) is 4.79 Å². The van der Waals surface area contributed by atoms with Gasteiger partial charge in [0.2, 0.25) is 0 Å². The summed E-state index contributed by atoms with van der Waals surface area (Å²) >= 11 is 5.96. The third kappa shape index (κ3) is 2.90. The van der Waals surface area contributed by atoms with Gasteiger partial charge in [0.05, 0.1) is 16.4 Å². The Hall–Kier alpha value is -1.94. The number of carbonyl (C=O) groups excluding carboxylic acids is 1. The number of hydrogen-bond acceptors (Lipinski definition) is 2. The van der Waals surface area contributed by atoms with Gasteiger partial charge in [0.15, 0.2) is 0 Å². The SMILES string of the molecule is CC(C)n1cc(Cl)cc1C(=O)Nc1ccccc1N. The maximum atomic E-state index is 12.3. The number of nitrogen functional groups attached to an aromatic ring is 1. The maximum absolute atomic E-state index is 12.3. The van der Waals surface area contributed by atoms with Crippen molar-refractivity contribution in [3.05, 3.63) is 47.2 Å². The molecule has 0 unspecified atom stereocenters. The molecule has 0 fully saturated rings. The molecule has 1 amide bonds. The Bertz CT molecular complexity index is 604. The zero-order valence-corrected chi connectivity index (χ0v) is 11.6. The fraction of sp³-hybridized carbons (Fsp3) is 0.214. The second-order valence-electron chi connectivity index (χ2n) is 4.59. The van der Waals surface area contributed by atoms with Crippen LogP contribution in [0.5, 0.6) is 0 Å². The van der Waals surface area contributed by atoms with E-state index in [0.717, 1.165) is 0 Å². The molecule has 100 valence electrons. The lowest BCUT2D eigenvalue weighted by Gasteiger charge is -2.13. The summed E-state index contributed by atoms with van der Waals surface area (Å²) in [4.78, 5) is 12.3. The van der Waals surface area contributed by atoms with E-state index < -0.39 is 0 Å². The van der Waals surface area contributed by atoms with Gasteiger partial charge in [-0.2, -0.15) is 0 Å². The smallest absolute Gasteiger partial charge is 0.272 e. The van der Waals surface area contributed by atoms with E-state index in [9.17, 15) is 4.79 Å². The first-order chi connectivity index (χ1) is 8.99. The summed E-state index contributed by atoms with van der Waals surface area (Å²) < 4.78 is 1.83. The van der Waals surface area contributed by atoms with E-state index in [0.29, 0.717) is 22.1 Å². The number of para-hydroxylation sites is 2. The molecule has 0 aliphatic carbocycles. The van der Waals surface area contributed by atoms with Crippen molar-refractivity contribution < 1.29 is 4.79 Å². The highest BCUT2D eigenvalue weighted by Crippen LogP contribution is 2.22. The van der Waals surface area contributed by atoms with Crippen LogP contribution in [0.15, 0.2) is 36.5 Å². The first-order valence-electron chi connectivity index (χ1n) is 6.02. The second-order valence-corrected chi connectivity index (χ2v) is 5.02. The Morgan fingerprint density at radius 3 is 2.68 bits per heavy atom. The predicted octanol–water partition coefficient (Wildman–Crippen LogP) is 3.56. The summed E-state index contributed by atoms with van der Waals surface area (Å²) in [5, 5.41) is 3.33. The number of nitrogens with zero attached hydrogens (tertiary/aromatic N) is 1. The van der Waals surface area contributed by atoms with Crippen LogP contribution >= 0.6 is 11.6 Å². The van der Waals surface area contributed by atoms with Crippen molar-refractivity contribution in [1.82, 2.24) is 4.57 Å². The zero-order chi connectivity index (χ0) is 14.0. The zero-order valence-electron chi connectivity index (χ0n) is 10.9. The minimum atomic E-state index is -0.224. The molecule has 4 nitrogen and oxygen atoms in total. The van der Waals surface area contributed by atoms with Crippen molar-refractivity contribution in [2.24, 2.45) is 0 Å². The highest BCUT2D eigenvalue weighted by Gasteiger charge is 2.15. The molecule has 1 heterocycles. The molecular formula is C14H16ClN3O. The topological polar surface area (TPSA) is 60.0 Å². The van der Waals surface area contributed by atoms with Crippen LogP contribution in [0.3, 0.4) is 0 Å². The van der Waals surface area contributed by atoms with Crippen LogP contribution in [-0.2, 0) is 0 Å². The largest absolute Gasteiger partial charge is 0.397 e. The van der Waals surface area contributed by atoms with E-state index in [1.807, 2.05) is 30.5 Å². The van der Waals surface area contributed by atoms with Crippen molar-refractivity contribution >= 4 is 28.9 Å². The molecule has 0 bridgehead atoms. The Morgan fingerprint density at radius 2 is 2.05 bits per heavy atom. The second kappa shape index (κ2) is 5.36. The Morgan fingerprint density at radius 1 is 1.37 bits per heavy atom. The summed E-state index contributed by atoms with van der Waals surface area (Å²) in [6, 6.07) is 8.94. The molecule has 0 atom stereocenters. The van der Waals surface area contributed by atoms with Gasteiger partial charge in [0.25, 0.3) is 5.91 Å². The van der Waals surface area contributed by atoms with Crippen LogP contribution in [0.25, 0.3) is 0 Å². The third-order valence-electron chi connectivity index (χ3n) is 2.81. The molecule has 0 spiro atoms. The van der Waals surface area contributed by atoms with Gasteiger partial charge < -0.3 is 15.6 Å². The molecule has 0 aliphatic heterocycles. The Kier molecular flexibility index (Phi) is 3.81.